The molecule has 0 aliphatic heterocycles. The molecular formula is C19H22BrNO2. The fourth-order valence-electron chi connectivity index (χ4n) is 2.48. The number of halogens is 1. The van der Waals surface area contributed by atoms with Crippen molar-refractivity contribution < 1.29 is 9.53 Å². The van der Waals surface area contributed by atoms with Gasteiger partial charge in [0.25, 0.3) is 5.91 Å². The molecule has 122 valence electrons. The summed E-state index contributed by atoms with van der Waals surface area (Å²) >= 11 is 3.50. The molecule has 0 unspecified atom stereocenters. The first-order valence-corrected chi connectivity index (χ1v) is 8.62. The van der Waals surface area contributed by atoms with Gasteiger partial charge in [-0.3, -0.25) is 4.79 Å². The molecule has 0 bridgehead atoms. The fraction of sp³-hybridized carbons (Fsp3) is 0.316. The average Bonchev–Trinajstić information content (AvgIpc) is 2.56. The number of carbonyl (C=O) groups excluding carboxylic acids is 1. The molecule has 2 rings (SSSR count). The van der Waals surface area contributed by atoms with Crippen LogP contribution in [0.4, 0.5) is 0 Å². The van der Waals surface area contributed by atoms with Crippen LogP contribution in [0.1, 0.15) is 35.3 Å². The van der Waals surface area contributed by atoms with Gasteiger partial charge in [0.1, 0.15) is 12.4 Å². The normalized spacial score (nSPS) is 10.4. The smallest absolute Gasteiger partial charge is 0.255 e. The van der Waals surface area contributed by atoms with E-state index in [1.54, 1.807) is 0 Å². The number of rotatable bonds is 6. The second kappa shape index (κ2) is 8.16. The predicted octanol–water partition coefficient (Wildman–Crippen LogP) is 4.82. The first-order chi connectivity index (χ1) is 11.1. The van der Waals surface area contributed by atoms with Crippen molar-refractivity contribution in [2.75, 3.05) is 13.1 Å². The van der Waals surface area contributed by atoms with Crippen molar-refractivity contribution in [1.29, 1.82) is 0 Å². The van der Waals surface area contributed by atoms with Gasteiger partial charge >= 0.3 is 0 Å². The third-order valence-electron chi connectivity index (χ3n) is 3.87. The van der Waals surface area contributed by atoms with Crippen LogP contribution >= 0.6 is 15.9 Å². The number of ether oxygens (including phenoxy) is 1. The van der Waals surface area contributed by atoms with Crippen LogP contribution in [0.15, 0.2) is 46.9 Å². The Morgan fingerprint density at radius 1 is 1.09 bits per heavy atom. The number of benzene rings is 2. The first-order valence-electron chi connectivity index (χ1n) is 7.83. The molecule has 1 amide bonds. The minimum absolute atomic E-state index is 0.0320. The highest BCUT2D eigenvalue weighted by Crippen LogP contribution is 2.30. The van der Waals surface area contributed by atoms with Crippen LogP contribution in [0.25, 0.3) is 0 Å². The lowest BCUT2D eigenvalue weighted by Crippen LogP contribution is -2.31. The van der Waals surface area contributed by atoms with Crippen LogP contribution in [-0.2, 0) is 6.61 Å². The highest BCUT2D eigenvalue weighted by atomic mass is 79.9. The third kappa shape index (κ3) is 4.14. The molecule has 0 spiro atoms. The summed E-state index contributed by atoms with van der Waals surface area (Å²) in [5.74, 6) is 0.775. The predicted molar refractivity (Wildman–Crippen MR) is 96.9 cm³/mol. The van der Waals surface area contributed by atoms with E-state index >= 15 is 0 Å². The van der Waals surface area contributed by atoms with Crippen LogP contribution in [-0.4, -0.2) is 23.9 Å². The van der Waals surface area contributed by atoms with E-state index in [4.69, 9.17) is 4.74 Å². The monoisotopic (exact) mass is 375 g/mol. The molecular weight excluding hydrogens is 354 g/mol. The van der Waals surface area contributed by atoms with E-state index in [0.29, 0.717) is 25.3 Å². The second-order valence-corrected chi connectivity index (χ2v) is 6.15. The summed E-state index contributed by atoms with van der Waals surface area (Å²) < 4.78 is 6.73. The molecule has 2 aromatic rings. The number of nitrogens with zero attached hydrogens (tertiary/aromatic N) is 1. The molecule has 0 heterocycles. The van der Waals surface area contributed by atoms with Gasteiger partial charge in [0.2, 0.25) is 0 Å². The topological polar surface area (TPSA) is 29.5 Å². The maximum Gasteiger partial charge on any atom is 0.255 e. The van der Waals surface area contributed by atoms with Crippen LogP contribution in [0.5, 0.6) is 5.75 Å². The Morgan fingerprint density at radius 2 is 1.74 bits per heavy atom. The lowest BCUT2D eigenvalue weighted by Gasteiger charge is -2.21. The van der Waals surface area contributed by atoms with E-state index in [9.17, 15) is 4.79 Å². The lowest BCUT2D eigenvalue weighted by molar-refractivity contribution is 0.0770. The molecule has 0 aromatic heterocycles. The van der Waals surface area contributed by atoms with E-state index in [1.807, 2.05) is 68.1 Å². The van der Waals surface area contributed by atoms with Crippen molar-refractivity contribution in [3.63, 3.8) is 0 Å². The Kier molecular flexibility index (Phi) is 6.22. The molecule has 0 radical (unpaired) electrons. The average molecular weight is 376 g/mol. The number of hydrogen-bond acceptors (Lipinski definition) is 2. The Bertz CT molecular complexity index is 667. The minimum Gasteiger partial charge on any atom is -0.489 e. The summed E-state index contributed by atoms with van der Waals surface area (Å²) in [5.41, 5.74) is 2.65. The molecule has 0 saturated carbocycles. The van der Waals surface area contributed by atoms with Gasteiger partial charge in [-0.05, 0) is 54.4 Å². The van der Waals surface area contributed by atoms with Crippen LogP contribution in [0, 0.1) is 6.92 Å². The van der Waals surface area contributed by atoms with E-state index in [2.05, 4.69) is 15.9 Å². The van der Waals surface area contributed by atoms with Crippen molar-refractivity contribution in [3.8, 4) is 5.75 Å². The lowest BCUT2D eigenvalue weighted by atomic mass is 10.1. The molecule has 0 fully saturated rings. The Morgan fingerprint density at radius 3 is 2.35 bits per heavy atom. The summed E-state index contributed by atoms with van der Waals surface area (Å²) in [6.45, 7) is 7.78. The Labute approximate surface area is 146 Å². The number of amides is 1. The summed E-state index contributed by atoms with van der Waals surface area (Å²) in [5, 5.41) is 0. The Balaban J connectivity index is 2.26. The van der Waals surface area contributed by atoms with Gasteiger partial charge in [-0.25, -0.2) is 0 Å². The first kappa shape index (κ1) is 17.5. The van der Waals surface area contributed by atoms with Crippen molar-refractivity contribution in [1.82, 2.24) is 4.90 Å². The summed E-state index contributed by atoms with van der Waals surface area (Å²) in [4.78, 5) is 14.5. The molecule has 2 aromatic carbocycles. The van der Waals surface area contributed by atoms with Gasteiger partial charge in [-0.2, -0.15) is 0 Å². The van der Waals surface area contributed by atoms with Crippen molar-refractivity contribution in [2.24, 2.45) is 0 Å². The fourth-order valence-corrected chi connectivity index (χ4v) is 3.08. The zero-order valence-electron chi connectivity index (χ0n) is 13.8. The zero-order chi connectivity index (χ0) is 16.8. The van der Waals surface area contributed by atoms with E-state index in [0.717, 1.165) is 21.3 Å². The van der Waals surface area contributed by atoms with Gasteiger partial charge in [0.15, 0.2) is 0 Å². The highest BCUT2D eigenvalue weighted by molar-refractivity contribution is 9.10. The van der Waals surface area contributed by atoms with Crippen LogP contribution < -0.4 is 4.74 Å². The molecule has 4 heteroatoms. The molecule has 23 heavy (non-hydrogen) atoms. The van der Waals surface area contributed by atoms with Gasteiger partial charge in [0, 0.05) is 23.1 Å². The number of hydrogen-bond donors (Lipinski definition) is 0. The quantitative estimate of drug-likeness (QED) is 0.724. The molecule has 0 N–H and O–H groups in total. The molecule has 0 atom stereocenters. The molecule has 0 aliphatic carbocycles. The SMILES string of the molecule is CCN(CC)C(=O)c1c(Br)ccc(OCc2ccccc2)c1C. The summed E-state index contributed by atoms with van der Waals surface area (Å²) in [6, 6.07) is 13.8. The van der Waals surface area contributed by atoms with E-state index in [1.165, 1.54) is 0 Å². The largest absolute Gasteiger partial charge is 0.489 e. The zero-order valence-corrected chi connectivity index (χ0v) is 15.4. The minimum atomic E-state index is 0.0320. The maximum atomic E-state index is 12.7. The highest BCUT2D eigenvalue weighted by Gasteiger charge is 2.20. The van der Waals surface area contributed by atoms with E-state index in [-0.39, 0.29) is 5.91 Å². The van der Waals surface area contributed by atoms with Gasteiger partial charge in [-0.1, -0.05) is 30.3 Å². The standard InChI is InChI=1S/C19H22BrNO2/c1-4-21(5-2)19(22)18-14(3)17(12-11-16(18)20)23-13-15-9-7-6-8-10-15/h6-12H,4-5,13H2,1-3H3. The molecule has 0 saturated heterocycles. The summed E-state index contributed by atoms with van der Waals surface area (Å²) in [6.07, 6.45) is 0. The second-order valence-electron chi connectivity index (χ2n) is 5.30. The van der Waals surface area contributed by atoms with Crippen molar-refractivity contribution in [2.45, 2.75) is 27.4 Å². The van der Waals surface area contributed by atoms with Crippen LogP contribution in [0.3, 0.4) is 0 Å². The van der Waals surface area contributed by atoms with Gasteiger partial charge in [-0.15, -0.1) is 0 Å². The maximum absolute atomic E-state index is 12.7. The van der Waals surface area contributed by atoms with Crippen LogP contribution in [0.2, 0.25) is 0 Å². The van der Waals surface area contributed by atoms with Crippen molar-refractivity contribution in [3.05, 3.63) is 63.6 Å². The summed E-state index contributed by atoms with van der Waals surface area (Å²) in [7, 11) is 0. The third-order valence-corrected chi connectivity index (χ3v) is 4.53. The Hall–Kier alpha value is -1.81. The van der Waals surface area contributed by atoms with E-state index < -0.39 is 0 Å². The van der Waals surface area contributed by atoms with Gasteiger partial charge in [0.05, 0.1) is 5.56 Å². The number of carbonyl (C=O) groups is 1. The molecule has 0 aliphatic rings. The van der Waals surface area contributed by atoms with Gasteiger partial charge < -0.3 is 9.64 Å². The van der Waals surface area contributed by atoms with Crippen molar-refractivity contribution >= 4 is 21.8 Å². The molecule has 3 nitrogen and oxygen atoms in total.